The van der Waals surface area contributed by atoms with Crippen molar-refractivity contribution in [2.75, 3.05) is 16.9 Å². The molecule has 0 N–H and O–H groups in total. The first-order chi connectivity index (χ1) is 10.6. The quantitative estimate of drug-likeness (QED) is 0.663. The van der Waals surface area contributed by atoms with Crippen molar-refractivity contribution in [3.8, 4) is 0 Å². The van der Waals surface area contributed by atoms with Gasteiger partial charge in [-0.3, -0.25) is 9.69 Å². The largest absolute Gasteiger partial charge is 0.295 e. The number of anilines is 1. The van der Waals surface area contributed by atoms with Crippen LogP contribution in [0.25, 0.3) is 0 Å². The summed E-state index contributed by atoms with van der Waals surface area (Å²) in [7, 11) is 0. The van der Waals surface area contributed by atoms with Crippen LogP contribution in [0.4, 0.5) is 5.69 Å². The van der Waals surface area contributed by atoms with Crippen LogP contribution in [0.2, 0.25) is 0 Å². The molecule has 0 bridgehead atoms. The molecule has 0 aliphatic carbocycles. The van der Waals surface area contributed by atoms with Gasteiger partial charge in [-0.25, -0.2) is 0 Å². The molecule has 0 radical (unpaired) electrons. The van der Waals surface area contributed by atoms with Crippen molar-refractivity contribution in [3.05, 3.63) is 58.1 Å². The van der Waals surface area contributed by atoms with Gasteiger partial charge in [0.25, 0.3) is 0 Å². The molecule has 0 spiro atoms. The Balaban J connectivity index is 1.96. The second-order valence-corrected chi connectivity index (χ2v) is 7.94. The zero-order valence-corrected chi connectivity index (χ0v) is 15.6. The lowest BCUT2D eigenvalue weighted by molar-refractivity contribution is -0.115. The van der Waals surface area contributed by atoms with Crippen molar-refractivity contribution >= 4 is 51.0 Å². The average molecular weight is 394 g/mol. The molecule has 0 saturated carbocycles. The van der Waals surface area contributed by atoms with Crippen LogP contribution in [0.15, 0.2) is 51.8 Å². The number of aryl methyl sites for hydroxylation is 1. The summed E-state index contributed by atoms with van der Waals surface area (Å²) >= 11 is 6.93. The number of hydrogen-bond donors (Lipinski definition) is 0. The van der Waals surface area contributed by atoms with E-state index in [0.717, 1.165) is 15.7 Å². The van der Waals surface area contributed by atoms with Gasteiger partial charge in [-0.15, -0.1) is 23.5 Å². The molecule has 1 heterocycles. The van der Waals surface area contributed by atoms with Crippen LogP contribution in [-0.2, 0) is 4.79 Å². The number of halogens is 1. The van der Waals surface area contributed by atoms with E-state index >= 15 is 0 Å². The minimum absolute atomic E-state index is 0.0592. The van der Waals surface area contributed by atoms with Crippen LogP contribution >= 0.6 is 39.5 Å². The number of thioether (sulfide) groups is 2. The van der Waals surface area contributed by atoms with Crippen LogP contribution in [0.1, 0.15) is 16.5 Å². The molecule has 5 heteroatoms. The summed E-state index contributed by atoms with van der Waals surface area (Å²) < 4.78 is 1.07. The third kappa shape index (κ3) is 3.07. The van der Waals surface area contributed by atoms with E-state index in [-0.39, 0.29) is 11.3 Å². The Hall–Kier alpha value is -0.910. The van der Waals surface area contributed by atoms with Crippen LogP contribution in [0.3, 0.4) is 0 Å². The Bertz CT molecular complexity index is 702. The smallest absolute Gasteiger partial charge is 0.238 e. The maximum Gasteiger partial charge on any atom is 0.238 e. The fraction of sp³-hybridized carbons (Fsp3) is 0.235. The Kier molecular flexibility index (Phi) is 4.85. The lowest BCUT2D eigenvalue weighted by atomic mass is 10.1. The van der Waals surface area contributed by atoms with Crippen molar-refractivity contribution in [3.63, 3.8) is 0 Å². The van der Waals surface area contributed by atoms with E-state index in [2.05, 4.69) is 52.5 Å². The number of carbonyl (C=O) groups is 1. The van der Waals surface area contributed by atoms with Gasteiger partial charge in [0.1, 0.15) is 5.37 Å². The summed E-state index contributed by atoms with van der Waals surface area (Å²) in [5.41, 5.74) is 3.28. The van der Waals surface area contributed by atoms with E-state index in [0.29, 0.717) is 5.75 Å². The standard InChI is InChI=1S/C17H16BrNOS2/c1-11-9-13(5-8-15(11)18)19-16(20)10-22-17(19)12-3-6-14(21-2)7-4-12/h3-9,17H,10H2,1-2H3. The Morgan fingerprint density at radius 3 is 2.59 bits per heavy atom. The zero-order chi connectivity index (χ0) is 15.7. The predicted octanol–water partition coefficient (Wildman–Crippen LogP) is 5.26. The van der Waals surface area contributed by atoms with Crippen molar-refractivity contribution in [2.45, 2.75) is 17.2 Å². The number of hydrogen-bond acceptors (Lipinski definition) is 3. The molecular formula is C17H16BrNOS2. The van der Waals surface area contributed by atoms with E-state index in [4.69, 9.17) is 0 Å². The highest BCUT2D eigenvalue weighted by Gasteiger charge is 2.34. The molecule has 1 unspecified atom stereocenters. The molecule has 1 fully saturated rings. The van der Waals surface area contributed by atoms with Crippen LogP contribution in [0, 0.1) is 6.92 Å². The van der Waals surface area contributed by atoms with Gasteiger partial charge in [0.05, 0.1) is 5.75 Å². The number of amides is 1. The number of nitrogens with zero attached hydrogens (tertiary/aromatic N) is 1. The third-order valence-electron chi connectivity index (χ3n) is 3.69. The van der Waals surface area contributed by atoms with Crippen molar-refractivity contribution in [1.82, 2.24) is 0 Å². The summed E-state index contributed by atoms with van der Waals surface area (Å²) in [6.45, 7) is 2.05. The highest BCUT2D eigenvalue weighted by molar-refractivity contribution is 9.10. The third-order valence-corrected chi connectivity index (χ3v) is 6.53. The highest BCUT2D eigenvalue weighted by atomic mass is 79.9. The Morgan fingerprint density at radius 1 is 1.23 bits per heavy atom. The SMILES string of the molecule is CSc1ccc(C2SCC(=O)N2c2ccc(Br)c(C)c2)cc1. The van der Waals surface area contributed by atoms with Gasteiger partial charge in [-0.05, 0) is 54.6 Å². The molecule has 2 aromatic carbocycles. The highest BCUT2D eigenvalue weighted by Crippen LogP contribution is 2.42. The molecule has 1 aliphatic heterocycles. The van der Waals surface area contributed by atoms with Gasteiger partial charge in [0.15, 0.2) is 0 Å². The molecule has 22 heavy (non-hydrogen) atoms. The first-order valence-electron chi connectivity index (χ1n) is 6.94. The molecule has 114 valence electrons. The Labute approximate surface area is 147 Å². The molecule has 0 aromatic heterocycles. The minimum atomic E-state index is 0.0592. The van der Waals surface area contributed by atoms with Gasteiger partial charge in [0.2, 0.25) is 5.91 Å². The topological polar surface area (TPSA) is 20.3 Å². The lowest BCUT2D eigenvalue weighted by Gasteiger charge is -2.25. The van der Waals surface area contributed by atoms with E-state index in [1.165, 1.54) is 10.5 Å². The van der Waals surface area contributed by atoms with E-state index < -0.39 is 0 Å². The van der Waals surface area contributed by atoms with Gasteiger partial charge in [0, 0.05) is 15.1 Å². The van der Waals surface area contributed by atoms with Crippen LogP contribution in [0.5, 0.6) is 0 Å². The fourth-order valence-electron chi connectivity index (χ4n) is 2.50. The maximum atomic E-state index is 12.4. The first kappa shape index (κ1) is 16.0. The molecule has 2 nitrogen and oxygen atoms in total. The van der Waals surface area contributed by atoms with Crippen LogP contribution < -0.4 is 4.90 Å². The maximum absolute atomic E-state index is 12.4. The normalized spacial score (nSPS) is 18.0. The van der Waals surface area contributed by atoms with E-state index in [1.54, 1.807) is 23.5 Å². The first-order valence-corrected chi connectivity index (χ1v) is 10.0. The average Bonchev–Trinajstić information content (AvgIpc) is 2.92. The number of benzene rings is 2. The summed E-state index contributed by atoms with van der Waals surface area (Å²) in [5, 5.41) is 0.0592. The van der Waals surface area contributed by atoms with Crippen LogP contribution in [-0.4, -0.2) is 17.9 Å². The van der Waals surface area contributed by atoms with E-state index in [1.807, 2.05) is 24.0 Å². The van der Waals surface area contributed by atoms with Crippen molar-refractivity contribution in [2.24, 2.45) is 0 Å². The van der Waals surface area contributed by atoms with Gasteiger partial charge in [-0.1, -0.05) is 28.1 Å². The summed E-state index contributed by atoms with van der Waals surface area (Å²) in [6.07, 6.45) is 2.07. The van der Waals surface area contributed by atoms with Crippen molar-refractivity contribution in [1.29, 1.82) is 0 Å². The molecule has 1 atom stereocenters. The lowest BCUT2D eigenvalue weighted by Crippen LogP contribution is -2.27. The van der Waals surface area contributed by atoms with Gasteiger partial charge >= 0.3 is 0 Å². The molecule has 3 rings (SSSR count). The molecule has 2 aromatic rings. The van der Waals surface area contributed by atoms with Gasteiger partial charge in [-0.2, -0.15) is 0 Å². The molecule has 1 amide bonds. The Morgan fingerprint density at radius 2 is 1.95 bits per heavy atom. The van der Waals surface area contributed by atoms with Crippen molar-refractivity contribution < 1.29 is 4.79 Å². The zero-order valence-electron chi connectivity index (χ0n) is 12.4. The minimum Gasteiger partial charge on any atom is -0.295 e. The molecular weight excluding hydrogens is 378 g/mol. The second kappa shape index (κ2) is 6.69. The number of carbonyl (C=O) groups excluding carboxylic acids is 1. The molecule has 1 aliphatic rings. The molecule has 1 saturated heterocycles. The summed E-state index contributed by atoms with van der Waals surface area (Å²) in [5.74, 6) is 0.704. The predicted molar refractivity (Wildman–Crippen MR) is 99.8 cm³/mol. The van der Waals surface area contributed by atoms with Gasteiger partial charge < -0.3 is 0 Å². The monoisotopic (exact) mass is 393 g/mol. The summed E-state index contributed by atoms with van der Waals surface area (Å²) in [6, 6.07) is 14.6. The fourth-order valence-corrected chi connectivity index (χ4v) is 4.33. The number of rotatable bonds is 3. The van der Waals surface area contributed by atoms with E-state index in [9.17, 15) is 4.79 Å². The second-order valence-electron chi connectivity index (χ2n) is 5.13. The summed E-state index contributed by atoms with van der Waals surface area (Å²) in [4.78, 5) is 15.5.